The highest BCUT2D eigenvalue weighted by Gasteiger charge is 2.05. The van der Waals surface area contributed by atoms with Crippen molar-refractivity contribution in [3.8, 4) is 5.75 Å². The van der Waals surface area contributed by atoms with E-state index in [1.807, 2.05) is 12.1 Å². The molecule has 0 N–H and O–H groups in total. The van der Waals surface area contributed by atoms with Gasteiger partial charge in [-0.15, -0.1) is 0 Å². The van der Waals surface area contributed by atoms with Crippen LogP contribution in [0.3, 0.4) is 0 Å². The van der Waals surface area contributed by atoms with Gasteiger partial charge in [-0.05, 0) is 49.9 Å². The predicted molar refractivity (Wildman–Crippen MR) is 72.0 cm³/mol. The molecule has 0 aliphatic heterocycles. The summed E-state index contributed by atoms with van der Waals surface area (Å²) in [5.74, 6) is 1.22. The molecule has 0 bridgehead atoms. The van der Waals surface area contributed by atoms with E-state index in [4.69, 9.17) is 9.47 Å². The van der Waals surface area contributed by atoms with Gasteiger partial charge in [0.25, 0.3) is 0 Å². The van der Waals surface area contributed by atoms with Crippen LogP contribution in [-0.2, 0) is 4.74 Å². The lowest BCUT2D eigenvalue weighted by Crippen LogP contribution is -2.04. The molecule has 0 amide bonds. The van der Waals surface area contributed by atoms with Gasteiger partial charge in [-0.1, -0.05) is 13.8 Å². The average molecular weight is 250 g/mol. The molecule has 0 unspecified atom stereocenters. The van der Waals surface area contributed by atoms with Crippen LogP contribution in [-0.4, -0.2) is 19.2 Å². The highest BCUT2D eigenvalue weighted by molar-refractivity contribution is 5.89. The molecule has 0 saturated heterocycles. The lowest BCUT2D eigenvalue weighted by atomic mass is 10.1. The van der Waals surface area contributed by atoms with Gasteiger partial charge in [0.15, 0.2) is 0 Å². The molecule has 1 rings (SSSR count). The number of hydrogen-bond donors (Lipinski definition) is 0. The number of rotatable bonds is 7. The maximum absolute atomic E-state index is 11.4. The molecule has 18 heavy (non-hydrogen) atoms. The molecule has 3 nitrogen and oxygen atoms in total. The van der Waals surface area contributed by atoms with Crippen molar-refractivity contribution in [3.63, 3.8) is 0 Å². The van der Waals surface area contributed by atoms with Crippen LogP contribution in [0.5, 0.6) is 5.75 Å². The summed E-state index contributed by atoms with van der Waals surface area (Å²) in [7, 11) is 0. The molecular weight excluding hydrogens is 228 g/mol. The molecule has 0 saturated carbocycles. The Morgan fingerprint density at radius 3 is 2.44 bits per heavy atom. The van der Waals surface area contributed by atoms with Crippen molar-refractivity contribution in [1.82, 2.24) is 0 Å². The third-order valence-corrected chi connectivity index (χ3v) is 2.56. The van der Waals surface area contributed by atoms with Crippen LogP contribution >= 0.6 is 0 Å². The first kappa shape index (κ1) is 14.6. The summed E-state index contributed by atoms with van der Waals surface area (Å²) in [5, 5.41) is 0. The smallest absolute Gasteiger partial charge is 0.338 e. The zero-order valence-corrected chi connectivity index (χ0v) is 11.4. The van der Waals surface area contributed by atoms with E-state index in [2.05, 4.69) is 13.8 Å². The number of carbonyl (C=O) groups is 1. The van der Waals surface area contributed by atoms with Crippen LogP contribution < -0.4 is 4.74 Å². The number of benzene rings is 1. The first-order valence-corrected chi connectivity index (χ1v) is 6.53. The second-order valence-electron chi connectivity index (χ2n) is 4.63. The Hall–Kier alpha value is -1.51. The zero-order valence-electron chi connectivity index (χ0n) is 11.4. The molecule has 100 valence electrons. The van der Waals surface area contributed by atoms with Crippen molar-refractivity contribution in [2.24, 2.45) is 5.92 Å². The molecule has 1 aromatic carbocycles. The Morgan fingerprint density at radius 2 is 1.89 bits per heavy atom. The zero-order chi connectivity index (χ0) is 13.4. The summed E-state index contributed by atoms with van der Waals surface area (Å²) in [4.78, 5) is 11.4. The van der Waals surface area contributed by atoms with Crippen LogP contribution in [0.25, 0.3) is 0 Å². The quantitative estimate of drug-likeness (QED) is 0.547. The molecular formula is C15H22O3. The predicted octanol–water partition coefficient (Wildman–Crippen LogP) is 3.68. The molecule has 3 heteroatoms. The van der Waals surface area contributed by atoms with Crippen LogP contribution in [0, 0.1) is 5.92 Å². The molecule has 0 atom stereocenters. The number of hydrogen-bond acceptors (Lipinski definition) is 3. The first-order valence-electron chi connectivity index (χ1n) is 6.53. The Kier molecular flexibility index (Phi) is 6.26. The fourth-order valence-electron chi connectivity index (χ4n) is 1.58. The van der Waals surface area contributed by atoms with Crippen molar-refractivity contribution in [2.75, 3.05) is 13.2 Å². The molecule has 1 aromatic rings. The van der Waals surface area contributed by atoms with Gasteiger partial charge in [0.1, 0.15) is 5.75 Å². The van der Waals surface area contributed by atoms with E-state index in [0.29, 0.717) is 18.1 Å². The molecule has 0 aromatic heterocycles. The fraction of sp³-hybridized carbons (Fsp3) is 0.533. The SMILES string of the molecule is CCOC(=O)c1ccc(OCCCC(C)C)cc1. The lowest BCUT2D eigenvalue weighted by molar-refractivity contribution is 0.0526. The summed E-state index contributed by atoms with van der Waals surface area (Å²) in [6.07, 6.45) is 2.22. The fourth-order valence-corrected chi connectivity index (χ4v) is 1.58. The molecule has 0 spiro atoms. The van der Waals surface area contributed by atoms with Crippen LogP contribution in [0.4, 0.5) is 0 Å². The molecule has 0 aliphatic carbocycles. The first-order chi connectivity index (χ1) is 8.63. The van der Waals surface area contributed by atoms with E-state index in [9.17, 15) is 4.79 Å². The Morgan fingerprint density at radius 1 is 1.22 bits per heavy atom. The van der Waals surface area contributed by atoms with Gasteiger partial charge in [-0.3, -0.25) is 0 Å². The van der Waals surface area contributed by atoms with Gasteiger partial charge >= 0.3 is 5.97 Å². The second kappa shape index (κ2) is 7.75. The maximum atomic E-state index is 11.4. The summed E-state index contributed by atoms with van der Waals surface area (Å²) < 4.78 is 10.5. The molecule has 0 heterocycles. The van der Waals surface area contributed by atoms with E-state index in [0.717, 1.165) is 18.8 Å². The van der Waals surface area contributed by atoms with E-state index >= 15 is 0 Å². The van der Waals surface area contributed by atoms with E-state index in [1.165, 1.54) is 6.42 Å². The Balaban J connectivity index is 2.38. The topological polar surface area (TPSA) is 35.5 Å². The standard InChI is InChI=1S/C15H22O3/c1-4-17-15(16)13-7-9-14(10-8-13)18-11-5-6-12(2)3/h7-10,12H,4-6,11H2,1-3H3. The highest BCUT2D eigenvalue weighted by Crippen LogP contribution is 2.14. The summed E-state index contributed by atoms with van der Waals surface area (Å²) in [6.45, 7) is 7.32. The van der Waals surface area contributed by atoms with Crippen molar-refractivity contribution >= 4 is 5.97 Å². The van der Waals surface area contributed by atoms with Crippen molar-refractivity contribution < 1.29 is 14.3 Å². The largest absolute Gasteiger partial charge is 0.494 e. The van der Waals surface area contributed by atoms with E-state index < -0.39 is 0 Å². The average Bonchev–Trinajstić information content (AvgIpc) is 2.35. The minimum atomic E-state index is -0.288. The van der Waals surface area contributed by atoms with E-state index in [1.54, 1.807) is 19.1 Å². The Labute approximate surface area is 109 Å². The minimum absolute atomic E-state index is 0.288. The number of ether oxygens (including phenoxy) is 2. The van der Waals surface area contributed by atoms with Gasteiger partial charge in [-0.25, -0.2) is 4.79 Å². The number of esters is 1. The van der Waals surface area contributed by atoms with Crippen molar-refractivity contribution in [3.05, 3.63) is 29.8 Å². The minimum Gasteiger partial charge on any atom is -0.494 e. The summed E-state index contributed by atoms with van der Waals surface area (Å²) in [6, 6.07) is 7.08. The van der Waals surface area contributed by atoms with Gasteiger partial charge in [0.2, 0.25) is 0 Å². The molecule has 0 aliphatic rings. The Bertz CT molecular complexity index is 355. The number of carbonyl (C=O) groups excluding carboxylic acids is 1. The molecule has 0 fully saturated rings. The van der Waals surface area contributed by atoms with Gasteiger partial charge in [-0.2, -0.15) is 0 Å². The third-order valence-electron chi connectivity index (χ3n) is 2.56. The summed E-state index contributed by atoms with van der Waals surface area (Å²) in [5.41, 5.74) is 0.561. The normalized spacial score (nSPS) is 10.4. The van der Waals surface area contributed by atoms with Crippen molar-refractivity contribution in [2.45, 2.75) is 33.6 Å². The lowest BCUT2D eigenvalue weighted by Gasteiger charge is -2.08. The van der Waals surface area contributed by atoms with E-state index in [-0.39, 0.29) is 5.97 Å². The second-order valence-corrected chi connectivity index (χ2v) is 4.63. The van der Waals surface area contributed by atoms with Crippen LogP contribution in [0.1, 0.15) is 44.0 Å². The van der Waals surface area contributed by atoms with Crippen LogP contribution in [0.2, 0.25) is 0 Å². The molecule has 0 radical (unpaired) electrons. The highest BCUT2D eigenvalue weighted by atomic mass is 16.5. The van der Waals surface area contributed by atoms with Gasteiger partial charge in [0.05, 0.1) is 18.8 Å². The van der Waals surface area contributed by atoms with Crippen molar-refractivity contribution in [1.29, 1.82) is 0 Å². The van der Waals surface area contributed by atoms with Crippen LogP contribution in [0.15, 0.2) is 24.3 Å². The monoisotopic (exact) mass is 250 g/mol. The maximum Gasteiger partial charge on any atom is 0.338 e. The van der Waals surface area contributed by atoms with Gasteiger partial charge in [0, 0.05) is 0 Å². The van der Waals surface area contributed by atoms with Gasteiger partial charge < -0.3 is 9.47 Å². The summed E-state index contributed by atoms with van der Waals surface area (Å²) >= 11 is 0. The third kappa shape index (κ3) is 5.21.